The van der Waals surface area contributed by atoms with Gasteiger partial charge in [0.05, 0.1) is 15.8 Å². The van der Waals surface area contributed by atoms with E-state index >= 15 is 0 Å². The molecule has 3 heterocycles. The summed E-state index contributed by atoms with van der Waals surface area (Å²) in [7, 11) is 0. The monoisotopic (exact) mass is 406 g/mol. The van der Waals surface area contributed by atoms with Crippen LogP contribution < -0.4 is 0 Å². The SMILES string of the molecule is CC1CCN(C(=O)[C@H](C)Sc2nnc3c(Cl)cc(C(F)(F)F)cn23)CC1. The minimum Gasteiger partial charge on any atom is -0.342 e. The van der Waals surface area contributed by atoms with Crippen molar-refractivity contribution in [3.8, 4) is 0 Å². The zero-order valence-electron chi connectivity index (χ0n) is 14.3. The molecule has 0 radical (unpaired) electrons. The van der Waals surface area contributed by atoms with Gasteiger partial charge >= 0.3 is 6.18 Å². The van der Waals surface area contributed by atoms with Crippen molar-refractivity contribution in [1.29, 1.82) is 0 Å². The van der Waals surface area contributed by atoms with Crippen molar-refractivity contribution < 1.29 is 18.0 Å². The van der Waals surface area contributed by atoms with Crippen LogP contribution in [0.2, 0.25) is 5.02 Å². The number of piperidine rings is 1. The van der Waals surface area contributed by atoms with Crippen LogP contribution in [0.25, 0.3) is 5.65 Å². The largest absolute Gasteiger partial charge is 0.417 e. The Balaban J connectivity index is 1.82. The van der Waals surface area contributed by atoms with E-state index in [-0.39, 0.29) is 21.7 Å². The normalized spacial score (nSPS) is 17.7. The van der Waals surface area contributed by atoms with E-state index in [1.54, 1.807) is 11.8 Å². The molecule has 2 aromatic rings. The quantitative estimate of drug-likeness (QED) is 0.719. The first-order valence-corrected chi connectivity index (χ1v) is 9.49. The number of hydrogen-bond acceptors (Lipinski definition) is 4. The highest BCUT2D eigenvalue weighted by Crippen LogP contribution is 2.34. The van der Waals surface area contributed by atoms with E-state index in [4.69, 9.17) is 11.6 Å². The number of alkyl halides is 3. The molecule has 0 aromatic carbocycles. The Labute approximate surface area is 157 Å². The highest BCUT2D eigenvalue weighted by Gasteiger charge is 2.33. The predicted octanol–water partition coefficient (Wildman–Crippen LogP) is 4.14. The molecule has 1 fully saturated rings. The first-order chi connectivity index (χ1) is 12.2. The first kappa shape index (κ1) is 19.3. The summed E-state index contributed by atoms with van der Waals surface area (Å²) in [5.41, 5.74) is -0.755. The molecule has 0 spiro atoms. The lowest BCUT2D eigenvalue weighted by Gasteiger charge is -2.31. The predicted molar refractivity (Wildman–Crippen MR) is 93.3 cm³/mol. The van der Waals surface area contributed by atoms with Crippen molar-refractivity contribution in [3.63, 3.8) is 0 Å². The van der Waals surface area contributed by atoms with Crippen molar-refractivity contribution in [2.45, 2.75) is 43.3 Å². The average molecular weight is 407 g/mol. The Morgan fingerprint density at radius 3 is 2.62 bits per heavy atom. The number of likely N-dealkylation sites (tertiary alicyclic amines) is 1. The third-order valence-electron chi connectivity index (χ3n) is 4.48. The molecule has 1 atom stereocenters. The number of pyridine rings is 1. The fourth-order valence-corrected chi connectivity index (χ4v) is 4.02. The minimum absolute atomic E-state index is 0.0447. The molecule has 142 valence electrons. The Morgan fingerprint density at radius 2 is 2.00 bits per heavy atom. The van der Waals surface area contributed by atoms with Gasteiger partial charge in [-0.1, -0.05) is 30.3 Å². The second kappa shape index (κ2) is 7.26. The van der Waals surface area contributed by atoms with Gasteiger partial charge in [-0.05, 0) is 31.7 Å². The molecule has 1 aliphatic heterocycles. The molecule has 1 amide bonds. The van der Waals surface area contributed by atoms with E-state index in [9.17, 15) is 18.0 Å². The number of hydrogen-bond donors (Lipinski definition) is 0. The van der Waals surface area contributed by atoms with E-state index in [1.165, 1.54) is 4.40 Å². The summed E-state index contributed by atoms with van der Waals surface area (Å²) in [5, 5.41) is 7.35. The van der Waals surface area contributed by atoms with Crippen LogP contribution >= 0.6 is 23.4 Å². The lowest BCUT2D eigenvalue weighted by Crippen LogP contribution is -2.41. The Bertz CT molecular complexity index is 818. The second-order valence-electron chi connectivity index (χ2n) is 6.52. The topological polar surface area (TPSA) is 50.5 Å². The zero-order chi connectivity index (χ0) is 19.1. The van der Waals surface area contributed by atoms with E-state index in [0.29, 0.717) is 19.0 Å². The number of amides is 1. The van der Waals surface area contributed by atoms with Gasteiger partial charge in [0, 0.05) is 19.3 Å². The van der Waals surface area contributed by atoms with Crippen LogP contribution in [0.15, 0.2) is 17.4 Å². The van der Waals surface area contributed by atoms with Gasteiger partial charge in [0.1, 0.15) is 0 Å². The van der Waals surface area contributed by atoms with Crippen molar-refractivity contribution >= 4 is 34.9 Å². The molecule has 5 nitrogen and oxygen atoms in total. The fraction of sp³-hybridized carbons (Fsp3) is 0.562. The number of carbonyl (C=O) groups excluding carboxylic acids is 1. The van der Waals surface area contributed by atoms with Gasteiger partial charge < -0.3 is 4.90 Å². The van der Waals surface area contributed by atoms with Crippen molar-refractivity contribution in [1.82, 2.24) is 19.5 Å². The Kier molecular flexibility index (Phi) is 5.39. The molecule has 0 bridgehead atoms. The van der Waals surface area contributed by atoms with Crippen LogP contribution in [0.5, 0.6) is 0 Å². The number of fused-ring (bicyclic) bond motifs is 1. The summed E-state index contributed by atoms with van der Waals surface area (Å²) in [6, 6.07) is 0.823. The van der Waals surface area contributed by atoms with Gasteiger partial charge in [0.2, 0.25) is 5.91 Å². The maximum absolute atomic E-state index is 13.0. The summed E-state index contributed by atoms with van der Waals surface area (Å²) < 4.78 is 40.2. The molecule has 10 heteroatoms. The highest BCUT2D eigenvalue weighted by molar-refractivity contribution is 8.00. The molecule has 26 heavy (non-hydrogen) atoms. The van der Waals surface area contributed by atoms with Crippen LogP contribution in [0.4, 0.5) is 13.2 Å². The average Bonchev–Trinajstić information content (AvgIpc) is 2.97. The molecular formula is C16H18ClF3N4OS. The molecule has 2 aromatic heterocycles. The maximum Gasteiger partial charge on any atom is 0.417 e. The van der Waals surface area contributed by atoms with Gasteiger partial charge in [0.15, 0.2) is 10.8 Å². The molecular weight excluding hydrogens is 389 g/mol. The van der Waals surface area contributed by atoms with Crippen LogP contribution in [0.3, 0.4) is 0 Å². The molecule has 1 saturated heterocycles. The van der Waals surface area contributed by atoms with E-state index in [0.717, 1.165) is 36.9 Å². The van der Waals surface area contributed by atoms with Crippen molar-refractivity contribution in [3.05, 3.63) is 22.8 Å². The van der Waals surface area contributed by atoms with Crippen molar-refractivity contribution in [2.24, 2.45) is 5.92 Å². The molecule has 0 saturated carbocycles. The van der Waals surface area contributed by atoms with Crippen LogP contribution in [0, 0.1) is 5.92 Å². The third-order valence-corrected chi connectivity index (χ3v) is 5.80. The van der Waals surface area contributed by atoms with Crippen LogP contribution in [-0.4, -0.2) is 43.7 Å². The summed E-state index contributed by atoms with van der Waals surface area (Å²) in [6.07, 6.45) is -1.71. The summed E-state index contributed by atoms with van der Waals surface area (Å²) in [5.74, 6) is 0.558. The molecule has 0 aliphatic carbocycles. The van der Waals surface area contributed by atoms with Gasteiger partial charge in [-0.25, -0.2) is 0 Å². The second-order valence-corrected chi connectivity index (χ2v) is 8.23. The molecule has 3 rings (SSSR count). The molecule has 0 N–H and O–H groups in total. The summed E-state index contributed by atoms with van der Waals surface area (Å²) in [4.78, 5) is 14.4. The molecule has 0 unspecified atom stereocenters. The van der Waals surface area contributed by atoms with Gasteiger partial charge in [-0.3, -0.25) is 9.20 Å². The fourth-order valence-electron chi connectivity index (χ4n) is 2.86. The van der Waals surface area contributed by atoms with E-state index < -0.39 is 17.0 Å². The van der Waals surface area contributed by atoms with E-state index in [2.05, 4.69) is 17.1 Å². The number of carbonyl (C=O) groups is 1. The van der Waals surface area contributed by atoms with Gasteiger partial charge in [-0.15, -0.1) is 10.2 Å². The van der Waals surface area contributed by atoms with Crippen molar-refractivity contribution in [2.75, 3.05) is 13.1 Å². The first-order valence-electron chi connectivity index (χ1n) is 8.23. The van der Waals surface area contributed by atoms with E-state index in [1.807, 2.05) is 0 Å². The smallest absolute Gasteiger partial charge is 0.342 e. The Morgan fingerprint density at radius 1 is 1.35 bits per heavy atom. The minimum atomic E-state index is -4.53. The highest BCUT2D eigenvalue weighted by atomic mass is 35.5. The van der Waals surface area contributed by atoms with Gasteiger partial charge in [0.25, 0.3) is 0 Å². The lowest BCUT2D eigenvalue weighted by atomic mass is 9.99. The summed E-state index contributed by atoms with van der Waals surface area (Å²) >= 11 is 6.99. The standard InChI is InChI=1S/C16H18ClF3N4OS/c1-9-3-5-23(6-4-9)14(25)10(2)26-15-22-21-13-12(17)7-11(8-24(13)15)16(18,19)20/h7-10H,3-6H2,1-2H3/t10-/m0/s1. The number of aromatic nitrogens is 3. The summed E-state index contributed by atoms with van der Waals surface area (Å²) in [6.45, 7) is 5.29. The Hall–Kier alpha value is -1.48. The lowest BCUT2D eigenvalue weighted by molar-refractivity contribution is -0.138. The zero-order valence-corrected chi connectivity index (χ0v) is 15.8. The number of nitrogens with zero attached hydrogens (tertiary/aromatic N) is 4. The number of halogens is 4. The number of thioether (sulfide) groups is 1. The van der Waals surface area contributed by atoms with Crippen LogP contribution in [0.1, 0.15) is 32.3 Å². The maximum atomic E-state index is 13.0. The number of rotatable bonds is 3. The third kappa shape index (κ3) is 3.93. The van der Waals surface area contributed by atoms with Gasteiger partial charge in [-0.2, -0.15) is 13.2 Å². The molecule has 1 aliphatic rings. The van der Waals surface area contributed by atoms with Crippen LogP contribution in [-0.2, 0) is 11.0 Å².